The Bertz CT molecular complexity index is 1540. The molecule has 3 heterocycles. The molecule has 2 saturated carbocycles. The van der Waals surface area contributed by atoms with Crippen LogP contribution in [0.3, 0.4) is 0 Å². The van der Waals surface area contributed by atoms with Gasteiger partial charge in [-0.15, -0.1) is 6.42 Å². The topological polar surface area (TPSA) is 85.9 Å². The first kappa shape index (κ1) is 19.7. The Kier molecular flexibility index (Phi) is 4.01. The Hall–Kier alpha value is -3.70. The molecule has 3 atom stereocenters. The van der Waals surface area contributed by atoms with Crippen LogP contribution in [0.25, 0.3) is 32.9 Å². The number of aromatic nitrogens is 3. The number of benzene rings is 2. The highest BCUT2D eigenvalue weighted by Crippen LogP contribution is 2.57. The summed E-state index contributed by atoms with van der Waals surface area (Å²) in [5, 5.41) is 26.2. The Morgan fingerprint density at radius 1 is 1.12 bits per heavy atom. The zero-order valence-electron chi connectivity index (χ0n) is 18.1. The van der Waals surface area contributed by atoms with Crippen molar-refractivity contribution in [3.63, 3.8) is 0 Å². The third-order valence-electron chi connectivity index (χ3n) is 7.46. The van der Waals surface area contributed by atoms with Crippen LogP contribution in [-0.2, 0) is 0 Å². The third-order valence-corrected chi connectivity index (χ3v) is 7.46. The first-order valence-electron chi connectivity index (χ1n) is 11.5. The maximum absolute atomic E-state index is 16.1. The molecule has 0 radical (unpaired) electrons. The van der Waals surface area contributed by atoms with Crippen molar-refractivity contribution in [3.05, 3.63) is 47.2 Å². The minimum atomic E-state index is -0.623. The number of fused-ring (bicyclic) bond motifs is 3. The first-order chi connectivity index (χ1) is 16.5. The summed E-state index contributed by atoms with van der Waals surface area (Å²) in [4.78, 5) is 4.72. The summed E-state index contributed by atoms with van der Waals surface area (Å²) in [5.74, 6) is 3.00. The van der Waals surface area contributed by atoms with Crippen LogP contribution in [0.5, 0.6) is 5.75 Å². The molecule has 3 aliphatic rings. The smallest absolute Gasteiger partial charge is 0.177 e. The van der Waals surface area contributed by atoms with Gasteiger partial charge in [0.25, 0.3) is 0 Å². The van der Waals surface area contributed by atoms with E-state index in [1.807, 2.05) is 0 Å². The fraction of sp³-hybridized carbons (Fsp3) is 0.308. The van der Waals surface area contributed by atoms with Gasteiger partial charge < -0.3 is 15.7 Å². The standard InChI is InChI=1S/C26H21F2N5O/c1-2-14-18(27)6-3-11-7-13(34)8-15(19(11)14)23-22(28)25-21(26(31-23)30-12-4-5-12)24(32-33-25)20-16-9-29-10-17(16)20/h1,3,6-8,12,16-17,20,29,34H,4-5,9-10H2,(H,30,31)(H,32,33)/t16-,17+,20?. The summed E-state index contributed by atoms with van der Waals surface area (Å²) in [6.45, 7) is 1.90. The van der Waals surface area contributed by atoms with Gasteiger partial charge in [0.15, 0.2) is 5.82 Å². The fourth-order valence-corrected chi connectivity index (χ4v) is 5.63. The van der Waals surface area contributed by atoms with E-state index in [0.717, 1.165) is 31.6 Å². The zero-order chi connectivity index (χ0) is 23.1. The monoisotopic (exact) mass is 457 g/mol. The SMILES string of the molecule is C#Cc1c(F)ccc2cc(O)cc(-c3nc(NC4CC4)c4c(C5[C@H]6CNC[C@@H]56)[nH]nc4c3F)c12. The number of phenols is 1. The Labute approximate surface area is 193 Å². The van der Waals surface area contributed by atoms with E-state index < -0.39 is 11.6 Å². The molecule has 1 unspecified atom stereocenters. The second kappa shape index (κ2) is 6.90. The van der Waals surface area contributed by atoms with Crippen molar-refractivity contribution in [2.75, 3.05) is 18.4 Å². The molecule has 4 aromatic rings. The molecular weight excluding hydrogens is 436 g/mol. The number of pyridine rings is 1. The zero-order valence-corrected chi connectivity index (χ0v) is 18.1. The van der Waals surface area contributed by atoms with Gasteiger partial charge in [0.2, 0.25) is 0 Å². The highest BCUT2D eigenvalue weighted by molar-refractivity contribution is 6.04. The van der Waals surface area contributed by atoms with Crippen LogP contribution in [0.4, 0.5) is 14.6 Å². The van der Waals surface area contributed by atoms with Crippen molar-refractivity contribution < 1.29 is 13.9 Å². The number of hydrogen-bond donors (Lipinski definition) is 4. The number of halogens is 2. The molecule has 0 bridgehead atoms. The predicted octanol–water partition coefficient (Wildman–Crippen LogP) is 4.25. The second-order valence-corrected chi connectivity index (χ2v) is 9.57. The minimum Gasteiger partial charge on any atom is -0.508 e. The van der Waals surface area contributed by atoms with E-state index in [4.69, 9.17) is 11.4 Å². The van der Waals surface area contributed by atoms with Crippen LogP contribution < -0.4 is 10.6 Å². The lowest BCUT2D eigenvalue weighted by molar-refractivity contribution is 0.476. The number of hydrogen-bond acceptors (Lipinski definition) is 5. The molecule has 0 spiro atoms. The van der Waals surface area contributed by atoms with Gasteiger partial charge in [0.05, 0.1) is 16.6 Å². The van der Waals surface area contributed by atoms with E-state index in [2.05, 4.69) is 26.8 Å². The molecule has 6 nitrogen and oxygen atoms in total. The molecule has 7 rings (SSSR count). The van der Waals surface area contributed by atoms with E-state index in [1.54, 1.807) is 0 Å². The van der Waals surface area contributed by atoms with Gasteiger partial charge in [-0.1, -0.05) is 12.0 Å². The number of phenolic OH excluding ortho intramolecular Hbond substituents is 1. The average molecular weight is 457 g/mol. The van der Waals surface area contributed by atoms with Gasteiger partial charge in [-0.25, -0.2) is 13.8 Å². The molecule has 2 aromatic carbocycles. The molecular formula is C26H21F2N5O. The molecule has 0 amide bonds. The Morgan fingerprint density at radius 2 is 1.91 bits per heavy atom. The Morgan fingerprint density at radius 3 is 2.65 bits per heavy atom. The normalized spacial score (nSPS) is 23.3. The van der Waals surface area contributed by atoms with Gasteiger partial charge in [-0.3, -0.25) is 5.10 Å². The Balaban J connectivity index is 1.50. The number of piperidine rings is 1. The van der Waals surface area contributed by atoms with Gasteiger partial charge >= 0.3 is 0 Å². The lowest BCUT2D eigenvalue weighted by Gasteiger charge is -2.14. The van der Waals surface area contributed by atoms with E-state index in [0.29, 0.717) is 39.7 Å². The van der Waals surface area contributed by atoms with Gasteiger partial charge in [-0.05, 0) is 61.4 Å². The maximum atomic E-state index is 16.1. The summed E-state index contributed by atoms with van der Waals surface area (Å²) in [5.41, 5.74) is 1.33. The number of anilines is 1. The molecule has 34 heavy (non-hydrogen) atoms. The summed E-state index contributed by atoms with van der Waals surface area (Å²) in [7, 11) is 0. The first-order valence-corrected chi connectivity index (χ1v) is 11.5. The predicted molar refractivity (Wildman–Crippen MR) is 126 cm³/mol. The minimum absolute atomic E-state index is 0.00604. The third kappa shape index (κ3) is 2.77. The quantitative estimate of drug-likeness (QED) is 0.344. The largest absolute Gasteiger partial charge is 0.508 e. The van der Waals surface area contributed by atoms with Crippen LogP contribution >= 0.6 is 0 Å². The average Bonchev–Trinajstić information content (AvgIpc) is 3.66. The van der Waals surface area contributed by atoms with Crippen LogP contribution in [0.1, 0.15) is 30.0 Å². The van der Waals surface area contributed by atoms with Crippen LogP contribution in [0.15, 0.2) is 24.3 Å². The van der Waals surface area contributed by atoms with Crippen molar-refractivity contribution in [2.24, 2.45) is 11.8 Å². The van der Waals surface area contributed by atoms with Crippen molar-refractivity contribution >= 4 is 27.5 Å². The lowest BCUT2D eigenvalue weighted by Crippen LogP contribution is -2.14. The molecule has 2 aromatic heterocycles. The number of aromatic amines is 1. The molecule has 170 valence electrons. The number of H-pyrrole nitrogens is 1. The summed E-state index contributed by atoms with van der Waals surface area (Å²) >= 11 is 0. The molecule has 8 heteroatoms. The second-order valence-electron chi connectivity index (χ2n) is 9.57. The number of nitrogens with zero attached hydrogens (tertiary/aromatic N) is 2. The molecule has 2 aliphatic carbocycles. The maximum Gasteiger partial charge on any atom is 0.177 e. The van der Waals surface area contributed by atoms with E-state index in [1.165, 1.54) is 24.3 Å². The van der Waals surface area contributed by atoms with Crippen molar-refractivity contribution in [3.8, 4) is 29.4 Å². The van der Waals surface area contributed by atoms with Crippen molar-refractivity contribution in [1.82, 2.24) is 20.5 Å². The van der Waals surface area contributed by atoms with Crippen LogP contribution in [0, 0.1) is 35.8 Å². The van der Waals surface area contributed by atoms with Crippen molar-refractivity contribution in [1.29, 1.82) is 0 Å². The van der Waals surface area contributed by atoms with Gasteiger partial charge in [0, 0.05) is 22.9 Å². The van der Waals surface area contributed by atoms with E-state index in [-0.39, 0.29) is 34.1 Å². The van der Waals surface area contributed by atoms with Gasteiger partial charge in [0.1, 0.15) is 28.6 Å². The van der Waals surface area contributed by atoms with Crippen molar-refractivity contribution in [2.45, 2.75) is 24.8 Å². The lowest BCUT2D eigenvalue weighted by atomic mass is 9.95. The van der Waals surface area contributed by atoms with E-state index >= 15 is 4.39 Å². The summed E-state index contributed by atoms with van der Waals surface area (Å²) in [6.07, 6.45) is 7.66. The number of terminal acetylenes is 1. The summed E-state index contributed by atoms with van der Waals surface area (Å²) in [6, 6.07) is 5.89. The summed E-state index contributed by atoms with van der Waals surface area (Å²) < 4.78 is 30.6. The molecule has 3 fully saturated rings. The highest BCUT2D eigenvalue weighted by atomic mass is 19.1. The fourth-order valence-electron chi connectivity index (χ4n) is 5.63. The van der Waals surface area contributed by atoms with Gasteiger partial charge in [-0.2, -0.15) is 5.10 Å². The number of rotatable bonds is 4. The number of aromatic hydroxyl groups is 1. The molecule has 1 aliphatic heterocycles. The number of nitrogens with one attached hydrogen (secondary N) is 3. The highest BCUT2D eigenvalue weighted by Gasteiger charge is 2.55. The molecule has 1 saturated heterocycles. The van der Waals surface area contributed by atoms with Crippen LogP contribution in [-0.4, -0.2) is 39.4 Å². The molecule has 4 N–H and O–H groups in total. The van der Waals surface area contributed by atoms with E-state index in [9.17, 15) is 9.50 Å². The van der Waals surface area contributed by atoms with Crippen LogP contribution in [0.2, 0.25) is 0 Å².